The molecule has 0 unspecified atom stereocenters. The lowest BCUT2D eigenvalue weighted by molar-refractivity contribution is -0.131. The first kappa shape index (κ1) is 14.0. The minimum atomic E-state index is 0.302. The zero-order valence-corrected chi connectivity index (χ0v) is 11.1. The third kappa shape index (κ3) is 5.20. The minimum absolute atomic E-state index is 0.302. The SMILES string of the molecule is CN1CCCCC1=O.CN1CCCCCC1=O. The average Bonchev–Trinajstić information content (AvgIpc) is 2.50. The summed E-state index contributed by atoms with van der Waals surface area (Å²) in [4.78, 5) is 25.3. The van der Waals surface area contributed by atoms with Gasteiger partial charge in [-0.1, -0.05) is 6.42 Å². The fourth-order valence-corrected chi connectivity index (χ4v) is 2.06. The van der Waals surface area contributed by atoms with Crippen LogP contribution in [0.5, 0.6) is 0 Å². The van der Waals surface area contributed by atoms with Crippen LogP contribution < -0.4 is 0 Å². The summed E-state index contributed by atoms with van der Waals surface area (Å²) in [5, 5.41) is 0. The zero-order chi connectivity index (χ0) is 12.7. The monoisotopic (exact) mass is 240 g/mol. The van der Waals surface area contributed by atoms with Crippen molar-refractivity contribution >= 4 is 11.8 Å². The van der Waals surface area contributed by atoms with Crippen molar-refractivity contribution in [3.05, 3.63) is 0 Å². The van der Waals surface area contributed by atoms with Crippen LogP contribution in [0.2, 0.25) is 0 Å². The number of carbonyl (C=O) groups is 2. The third-order valence-corrected chi connectivity index (χ3v) is 3.37. The smallest absolute Gasteiger partial charge is 0.222 e. The molecule has 0 radical (unpaired) electrons. The molecule has 0 aromatic rings. The molecule has 17 heavy (non-hydrogen) atoms. The largest absolute Gasteiger partial charge is 0.346 e. The maximum Gasteiger partial charge on any atom is 0.222 e. The van der Waals surface area contributed by atoms with Gasteiger partial charge in [0.15, 0.2) is 0 Å². The van der Waals surface area contributed by atoms with Crippen LogP contribution in [0.15, 0.2) is 0 Å². The van der Waals surface area contributed by atoms with Crippen LogP contribution in [0.25, 0.3) is 0 Å². The Kier molecular flexibility index (Phi) is 6.01. The summed E-state index contributed by atoms with van der Waals surface area (Å²) in [6.45, 7) is 1.91. The molecular weight excluding hydrogens is 216 g/mol. The second-order valence-corrected chi connectivity index (χ2v) is 4.90. The minimum Gasteiger partial charge on any atom is -0.346 e. The van der Waals surface area contributed by atoms with Gasteiger partial charge in [0.2, 0.25) is 11.8 Å². The van der Waals surface area contributed by atoms with Gasteiger partial charge < -0.3 is 9.80 Å². The molecule has 0 aliphatic carbocycles. The Hall–Kier alpha value is -1.06. The highest BCUT2D eigenvalue weighted by Gasteiger charge is 2.12. The first-order valence-corrected chi connectivity index (χ1v) is 6.59. The van der Waals surface area contributed by atoms with E-state index >= 15 is 0 Å². The van der Waals surface area contributed by atoms with Crippen LogP contribution in [0.3, 0.4) is 0 Å². The van der Waals surface area contributed by atoms with Crippen molar-refractivity contribution in [1.29, 1.82) is 0 Å². The summed E-state index contributed by atoms with van der Waals surface area (Å²) >= 11 is 0. The van der Waals surface area contributed by atoms with E-state index in [0.29, 0.717) is 11.8 Å². The lowest BCUT2D eigenvalue weighted by atomic mass is 10.1. The molecule has 2 aliphatic heterocycles. The average molecular weight is 240 g/mol. The van der Waals surface area contributed by atoms with E-state index in [0.717, 1.165) is 38.8 Å². The van der Waals surface area contributed by atoms with Crippen LogP contribution in [0.1, 0.15) is 44.9 Å². The van der Waals surface area contributed by atoms with E-state index < -0.39 is 0 Å². The Bertz CT molecular complexity index is 266. The van der Waals surface area contributed by atoms with Crippen molar-refractivity contribution in [2.75, 3.05) is 27.2 Å². The number of piperidine rings is 1. The van der Waals surface area contributed by atoms with Crippen molar-refractivity contribution in [2.45, 2.75) is 44.9 Å². The molecule has 2 fully saturated rings. The Morgan fingerprint density at radius 1 is 0.706 bits per heavy atom. The number of carbonyl (C=O) groups excluding carboxylic acids is 2. The van der Waals surface area contributed by atoms with Crippen LogP contribution in [-0.4, -0.2) is 48.8 Å². The van der Waals surface area contributed by atoms with E-state index in [9.17, 15) is 9.59 Å². The number of rotatable bonds is 0. The van der Waals surface area contributed by atoms with Gasteiger partial charge in [-0.2, -0.15) is 0 Å². The molecule has 4 nitrogen and oxygen atoms in total. The second-order valence-electron chi connectivity index (χ2n) is 4.90. The maximum absolute atomic E-state index is 10.9. The van der Waals surface area contributed by atoms with Gasteiger partial charge in [-0.05, 0) is 25.7 Å². The highest BCUT2D eigenvalue weighted by atomic mass is 16.2. The number of nitrogens with zero attached hydrogens (tertiary/aromatic N) is 2. The summed E-state index contributed by atoms with van der Waals surface area (Å²) in [7, 11) is 3.75. The molecule has 0 aromatic heterocycles. The summed E-state index contributed by atoms with van der Waals surface area (Å²) in [5.41, 5.74) is 0. The molecule has 0 atom stereocenters. The zero-order valence-electron chi connectivity index (χ0n) is 11.1. The molecule has 2 heterocycles. The standard InChI is InChI=1S/C7H13NO.C6H11NO/c1-8-6-4-2-3-5-7(8)9;1-7-5-3-2-4-6(7)8/h2-6H2,1H3;2-5H2,1H3. The molecular formula is C13H24N2O2. The van der Waals surface area contributed by atoms with Crippen LogP contribution in [0, 0.1) is 0 Å². The fraction of sp³-hybridized carbons (Fsp3) is 0.846. The van der Waals surface area contributed by atoms with Gasteiger partial charge in [-0.15, -0.1) is 0 Å². The van der Waals surface area contributed by atoms with Crippen molar-refractivity contribution in [3.63, 3.8) is 0 Å². The molecule has 2 saturated heterocycles. The molecule has 0 saturated carbocycles. The topological polar surface area (TPSA) is 40.6 Å². The van der Waals surface area contributed by atoms with E-state index in [4.69, 9.17) is 0 Å². The quantitative estimate of drug-likeness (QED) is 0.646. The van der Waals surface area contributed by atoms with Crippen molar-refractivity contribution in [3.8, 4) is 0 Å². The lowest BCUT2D eigenvalue weighted by Gasteiger charge is -2.21. The van der Waals surface area contributed by atoms with E-state index in [1.807, 2.05) is 19.0 Å². The molecule has 0 N–H and O–H groups in total. The predicted molar refractivity (Wildman–Crippen MR) is 67.6 cm³/mol. The number of amides is 2. The molecule has 4 heteroatoms. The summed E-state index contributed by atoms with van der Waals surface area (Å²) in [6, 6.07) is 0. The molecule has 98 valence electrons. The van der Waals surface area contributed by atoms with Crippen molar-refractivity contribution in [2.24, 2.45) is 0 Å². The summed E-state index contributed by atoms with van der Waals surface area (Å²) in [6.07, 6.45) is 7.28. The van der Waals surface area contributed by atoms with Gasteiger partial charge >= 0.3 is 0 Å². The molecule has 0 bridgehead atoms. The molecule has 2 rings (SSSR count). The van der Waals surface area contributed by atoms with Gasteiger partial charge in [-0.25, -0.2) is 0 Å². The van der Waals surface area contributed by atoms with E-state index in [-0.39, 0.29) is 0 Å². The van der Waals surface area contributed by atoms with Gasteiger partial charge in [0.1, 0.15) is 0 Å². The summed E-state index contributed by atoms with van der Waals surface area (Å²) in [5.74, 6) is 0.615. The van der Waals surface area contributed by atoms with Crippen molar-refractivity contribution < 1.29 is 9.59 Å². The first-order valence-electron chi connectivity index (χ1n) is 6.59. The van der Waals surface area contributed by atoms with Crippen LogP contribution >= 0.6 is 0 Å². The van der Waals surface area contributed by atoms with Gasteiger partial charge in [0, 0.05) is 40.0 Å². The fourth-order valence-electron chi connectivity index (χ4n) is 2.06. The maximum atomic E-state index is 10.9. The van der Waals surface area contributed by atoms with Gasteiger partial charge in [0.25, 0.3) is 0 Å². The molecule has 2 amide bonds. The Labute approximate surface area is 104 Å². The lowest BCUT2D eigenvalue weighted by Crippen LogP contribution is -2.31. The summed E-state index contributed by atoms with van der Waals surface area (Å²) < 4.78 is 0. The molecule has 0 aromatic carbocycles. The highest BCUT2D eigenvalue weighted by Crippen LogP contribution is 2.08. The highest BCUT2D eigenvalue weighted by molar-refractivity contribution is 5.76. The Morgan fingerprint density at radius 3 is 1.65 bits per heavy atom. The Morgan fingerprint density at radius 2 is 1.12 bits per heavy atom. The second kappa shape index (κ2) is 7.30. The predicted octanol–water partition coefficient (Wildman–Crippen LogP) is 1.65. The third-order valence-electron chi connectivity index (χ3n) is 3.37. The molecule has 2 aliphatic rings. The number of hydrogen-bond acceptors (Lipinski definition) is 2. The van der Waals surface area contributed by atoms with E-state index in [1.54, 1.807) is 4.90 Å². The van der Waals surface area contributed by atoms with Crippen LogP contribution in [-0.2, 0) is 9.59 Å². The number of hydrogen-bond donors (Lipinski definition) is 0. The first-order chi connectivity index (χ1) is 8.11. The van der Waals surface area contributed by atoms with Crippen LogP contribution in [0.4, 0.5) is 0 Å². The van der Waals surface area contributed by atoms with E-state index in [2.05, 4.69) is 0 Å². The van der Waals surface area contributed by atoms with Gasteiger partial charge in [0.05, 0.1) is 0 Å². The van der Waals surface area contributed by atoms with E-state index in [1.165, 1.54) is 19.3 Å². The van der Waals surface area contributed by atoms with Gasteiger partial charge in [-0.3, -0.25) is 9.59 Å². The van der Waals surface area contributed by atoms with Crippen molar-refractivity contribution in [1.82, 2.24) is 9.80 Å². The normalized spacial score (nSPS) is 21.8. The Balaban J connectivity index is 0.000000171. The molecule has 0 spiro atoms. The number of likely N-dealkylation sites (tertiary alicyclic amines) is 2.